The lowest BCUT2D eigenvalue weighted by molar-refractivity contribution is 0.102. The van der Waals surface area contributed by atoms with Gasteiger partial charge >= 0.3 is 0 Å². The minimum atomic E-state index is -0.242. The van der Waals surface area contributed by atoms with Crippen molar-refractivity contribution in [2.75, 3.05) is 19.0 Å². The number of hydrogen-bond acceptors (Lipinski definition) is 4. The molecule has 0 aliphatic rings. The molecule has 0 saturated heterocycles. The van der Waals surface area contributed by atoms with Gasteiger partial charge < -0.3 is 14.8 Å². The maximum absolute atomic E-state index is 12.4. The zero-order valence-electron chi connectivity index (χ0n) is 14.1. The second kappa shape index (κ2) is 7.53. The van der Waals surface area contributed by atoms with Gasteiger partial charge in [-0.25, -0.2) is 4.68 Å². The highest BCUT2D eigenvalue weighted by molar-refractivity contribution is 6.04. The molecule has 0 fully saturated rings. The Kier molecular flexibility index (Phi) is 4.99. The summed E-state index contributed by atoms with van der Waals surface area (Å²) in [6.07, 6.45) is 3.23. The highest BCUT2D eigenvalue weighted by Crippen LogP contribution is 2.30. The molecular formula is C19H19N3O3. The Morgan fingerprint density at radius 1 is 1.16 bits per heavy atom. The molecule has 3 aromatic rings. The molecule has 0 unspecified atom stereocenters. The summed E-state index contributed by atoms with van der Waals surface area (Å²) in [4.78, 5) is 12.4. The number of hydrogen-bond donors (Lipinski definition) is 1. The van der Waals surface area contributed by atoms with Gasteiger partial charge in [-0.2, -0.15) is 5.10 Å². The zero-order chi connectivity index (χ0) is 17.6. The Morgan fingerprint density at radius 2 is 1.96 bits per heavy atom. The summed E-state index contributed by atoms with van der Waals surface area (Å²) in [7, 11) is 1.56. The summed E-state index contributed by atoms with van der Waals surface area (Å²) < 4.78 is 12.4. The van der Waals surface area contributed by atoms with E-state index in [4.69, 9.17) is 9.47 Å². The lowest BCUT2D eigenvalue weighted by Gasteiger charge is -2.11. The minimum Gasteiger partial charge on any atom is -0.493 e. The topological polar surface area (TPSA) is 65.4 Å². The van der Waals surface area contributed by atoms with Crippen molar-refractivity contribution < 1.29 is 14.3 Å². The van der Waals surface area contributed by atoms with E-state index in [0.29, 0.717) is 29.4 Å². The molecule has 2 aromatic carbocycles. The van der Waals surface area contributed by atoms with E-state index < -0.39 is 0 Å². The monoisotopic (exact) mass is 337 g/mol. The predicted octanol–water partition coefficient (Wildman–Crippen LogP) is 3.53. The van der Waals surface area contributed by atoms with Crippen molar-refractivity contribution in [2.24, 2.45) is 0 Å². The van der Waals surface area contributed by atoms with E-state index in [9.17, 15) is 4.79 Å². The third kappa shape index (κ3) is 3.80. The lowest BCUT2D eigenvalue weighted by atomic mass is 10.2. The molecule has 0 aliphatic heterocycles. The fraction of sp³-hybridized carbons (Fsp3) is 0.158. The fourth-order valence-electron chi connectivity index (χ4n) is 2.39. The van der Waals surface area contributed by atoms with Gasteiger partial charge in [-0.3, -0.25) is 4.79 Å². The van der Waals surface area contributed by atoms with Gasteiger partial charge in [0.15, 0.2) is 11.5 Å². The van der Waals surface area contributed by atoms with Crippen LogP contribution in [0.5, 0.6) is 11.5 Å². The average molecular weight is 337 g/mol. The van der Waals surface area contributed by atoms with Crippen molar-refractivity contribution >= 4 is 11.6 Å². The summed E-state index contributed by atoms with van der Waals surface area (Å²) in [5.74, 6) is 0.966. The molecule has 0 aliphatic carbocycles. The second-order valence-corrected chi connectivity index (χ2v) is 5.26. The van der Waals surface area contributed by atoms with Gasteiger partial charge in [0.05, 0.1) is 31.2 Å². The smallest absolute Gasteiger partial charge is 0.258 e. The Labute approximate surface area is 146 Å². The molecule has 1 heterocycles. The van der Waals surface area contributed by atoms with E-state index in [1.54, 1.807) is 36.2 Å². The van der Waals surface area contributed by atoms with Gasteiger partial charge in [-0.05, 0) is 31.2 Å². The van der Waals surface area contributed by atoms with Crippen molar-refractivity contribution in [2.45, 2.75) is 6.92 Å². The number of methoxy groups -OCH3 is 1. The number of carbonyl (C=O) groups is 1. The van der Waals surface area contributed by atoms with Crippen LogP contribution < -0.4 is 14.8 Å². The third-order valence-corrected chi connectivity index (χ3v) is 3.59. The lowest BCUT2D eigenvalue weighted by Crippen LogP contribution is -2.11. The SMILES string of the molecule is CCOc1ccc(NC(=O)c2cnn(-c3ccccc3)c2)cc1OC. The zero-order valence-corrected chi connectivity index (χ0v) is 14.1. The maximum Gasteiger partial charge on any atom is 0.258 e. The predicted molar refractivity (Wildman–Crippen MR) is 95.7 cm³/mol. The molecule has 128 valence electrons. The van der Waals surface area contributed by atoms with Crippen LogP contribution in [0.25, 0.3) is 5.69 Å². The van der Waals surface area contributed by atoms with Crippen molar-refractivity contribution in [3.63, 3.8) is 0 Å². The number of benzene rings is 2. The molecule has 1 aromatic heterocycles. The highest BCUT2D eigenvalue weighted by atomic mass is 16.5. The van der Waals surface area contributed by atoms with Gasteiger partial charge in [-0.15, -0.1) is 0 Å². The number of rotatable bonds is 6. The minimum absolute atomic E-state index is 0.242. The summed E-state index contributed by atoms with van der Waals surface area (Å²) in [5, 5.41) is 7.07. The fourth-order valence-corrected chi connectivity index (χ4v) is 2.39. The maximum atomic E-state index is 12.4. The number of ether oxygens (including phenoxy) is 2. The molecule has 6 heteroatoms. The van der Waals surface area contributed by atoms with Gasteiger partial charge in [0, 0.05) is 18.0 Å². The molecule has 0 bridgehead atoms. The number of aromatic nitrogens is 2. The molecule has 3 rings (SSSR count). The van der Waals surface area contributed by atoms with E-state index in [1.165, 1.54) is 6.20 Å². The van der Waals surface area contributed by atoms with Crippen LogP contribution in [0.3, 0.4) is 0 Å². The van der Waals surface area contributed by atoms with Crippen molar-refractivity contribution in [1.82, 2.24) is 9.78 Å². The molecule has 1 amide bonds. The summed E-state index contributed by atoms with van der Waals surface area (Å²) in [6.45, 7) is 2.44. The molecule has 25 heavy (non-hydrogen) atoms. The standard InChI is InChI=1S/C19H19N3O3/c1-3-25-17-10-9-15(11-18(17)24-2)21-19(23)14-12-20-22(13-14)16-7-5-4-6-8-16/h4-13H,3H2,1-2H3,(H,21,23). The van der Waals surface area contributed by atoms with Crippen molar-refractivity contribution in [3.05, 3.63) is 66.5 Å². The van der Waals surface area contributed by atoms with E-state index in [-0.39, 0.29) is 5.91 Å². The van der Waals surface area contributed by atoms with Crippen LogP contribution in [0, 0.1) is 0 Å². The van der Waals surface area contributed by atoms with E-state index in [1.807, 2.05) is 37.3 Å². The Balaban J connectivity index is 1.75. The number of para-hydroxylation sites is 1. The molecular weight excluding hydrogens is 318 g/mol. The normalized spacial score (nSPS) is 10.3. The summed E-state index contributed by atoms with van der Waals surface area (Å²) in [6, 6.07) is 14.9. The number of carbonyl (C=O) groups excluding carboxylic acids is 1. The Hall–Kier alpha value is -3.28. The molecule has 1 N–H and O–H groups in total. The van der Waals surface area contributed by atoms with Crippen molar-refractivity contribution in [1.29, 1.82) is 0 Å². The molecule has 0 spiro atoms. The molecule has 0 radical (unpaired) electrons. The number of anilines is 1. The second-order valence-electron chi connectivity index (χ2n) is 5.26. The number of nitrogens with zero attached hydrogens (tertiary/aromatic N) is 2. The van der Waals surface area contributed by atoms with Gasteiger partial charge in [-0.1, -0.05) is 18.2 Å². The first-order valence-electron chi connectivity index (χ1n) is 7.93. The number of nitrogens with one attached hydrogen (secondary N) is 1. The average Bonchev–Trinajstić information content (AvgIpc) is 3.14. The molecule has 6 nitrogen and oxygen atoms in total. The highest BCUT2D eigenvalue weighted by Gasteiger charge is 2.12. The Morgan fingerprint density at radius 3 is 2.68 bits per heavy atom. The molecule has 0 atom stereocenters. The van der Waals surface area contributed by atoms with E-state index in [0.717, 1.165) is 5.69 Å². The van der Waals surface area contributed by atoms with Crippen molar-refractivity contribution in [3.8, 4) is 17.2 Å². The van der Waals surface area contributed by atoms with Crippen LogP contribution in [-0.2, 0) is 0 Å². The van der Waals surface area contributed by atoms with Gasteiger partial charge in [0.25, 0.3) is 5.91 Å². The van der Waals surface area contributed by atoms with Crippen LogP contribution >= 0.6 is 0 Å². The Bertz CT molecular complexity index is 859. The first-order valence-corrected chi connectivity index (χ1v) is 7.93. The van der Waals surface area contributed by atoms with Crippen LogP contribution in [-0.4, -0.2) is 29.4 Å². The van der Waals surface area contributed by atoms with Crippen LogP contribution in [0.1, 0.15) is 17.3 Å². The van der Waals surface area contributed by atoms with Crippen LogP contribution in [0.15, 0.2) is 60.9 Å². The van der Waals surface area contributed by atoms with Gasteiger partial charge in [0.1, 0.15) is 0 Å². The largest absolute Gasteiger partial charge is 0.493 e. The van der Waals surface area contributed by atoms with E-state index >= 15 is 0 Å². The first-order chi connectivity index (χ1) is 12.2. The summed E-state index contributed by atoms with van der Waals surface area (Å²) >= 11 is 0. The number of amides is 1. The summed E-state index contributed by atoms with van der Waals surface area (Å²) in [5.41, 5.74) is 1.98. The van der Waals surface area contributed by atoms with E-state index in [2.05, 4.69) is 10.4 Å². The first kappa shape index (κ1) is 16.6. The van der Waals surface area contributed by atoms with Crippen LogP contribution in [0.2, 0.25) is 0 Å². The molecule has 0 saturated carbocycles. The quantitative estimate of drug-likeness (QED) is 0.747. The van der Waals surface area contributed by atoms with Gasteiger partial charge in [0.2, 0.25) is 0 Å². The van der Waals surface area contributed by atoms with Crippen LogP contribution in [0.4, 0.5) is 5.69 Å². The third-order valence-electron chi connectivity index (χ3n) is 3.59.